The van der Waals surface area contributed by atoms with E-state index in [0.29, 0.717) is 21.5 Å². The molecule has 0 aliphatic carbocycles. The molecule has 0 radical (unpaired) electrons. The Morgan fingerprint density at radius 1 is 1.12 bits per heavy atom. The van der Waals surface area contributed by atoms with E-state index in [9.17, 15) is 20.2 Å². The van der Waals surface area contributed by atoms with Crippen molar-refractivity contribution < 1.29 is 19.3 Å². The average molecular weight is 409 g/mol. The van der Waals surface area contributed by atoms with Crippen LogP contribution in [0.1, 0.15) is 5.56 Å². The molecule has 0 atom stereocenters. The summed E-state index contributed by atoms with van der Waals surface area (Å²) in [4.78, 5) is 20.4. The predicted octanol–water partition coefficient (Wildman–Crippen LogP) is 3.44. The van der Waals surface area contributed by atoms with Crippen molar-refractivity contribution in [2.24, 2.45) is 5.10 Å². The fourth-order valence-electron chi connectivity index (χ4n) is 2.08. The summed E-state index contributed by atoms with van der Waals surface area (Å²) in [6.07, 6.45) is 1.43. The van der Waals surface area contributed by atoms with Crippen LogP contribution in [0.5, 0.6) is 11.5 Å². The number of anilines is 1. The first-order valence-electron chi connectivity index (χ1n) is 6.77. The summed E-state index contributed by atoms with van der Waals surface area (Å²) < 4.78 is 11.2. The van der Waals surface area contributed by atoms with E-state index >= 15 is 0 Å². The number of nitro groups is 2. The van der Waals surface area contributed by atoms with Gasteiger partial charge in [-0.1, -0.05) is 0 Å². The van der Waals surface area contributed by atoms with Gasteiger partial charge < -0.3 is 9.47 Å². The number of hydrogen-bond donors (Lipinski definition) is 1. The van der Waals surface area contributed by atoms with Crippen molar-refractivity contribution in [3.05, 3.63) is 60.6 Å². The van der Waals surface area contributed by atoms with Gasteiger partial charge in [-0.3, -0.25) is 25.7 Å². The topological polar surface area (TPSA) is 129 Å². The molecule has 2 aromatic rings. The summed E-state index contributed by atoms with van der Waals surface area (Å²) in [5, 5.41) is 25.7. The van der Waals surface area contributed by atoms with Crippen LogP contribution in [0.4, 0.5) is 17.1 Å². The molecule has 1 N–H and O–H groups in total. The molecule has 1 heterocycles. The molecule has 0 amide bonds. The third-order valence-electron chi connectivity index (χ3n) is 3.27. The fourth-order valence-corrected chi connectivity index (χ4v) is 2.51. The normalized spacial score (nSPS) is 12.4. The van der Waals surface area contributed by atoms with Crippen LogP contribution in [-0.4, -0.2) is 22.9 Å². The van der Waals surface area contributed by atoms with Gasteiger partial charge in [-0.15, -0.1) is 0 Å². The molecule has 10 nitrogen and oxygen atoms in total. The third kappa shape index (κ3) is 3.50. The van der Waals surface area contributed by atoms with Crippen LogP contribution in [0.3, 0.4) is 0 Å². The van der Waals surface area contributed by atoms with Crippen LogP contribution in [0.25, 0.3) is 0 Å². The molecule has 0 fully saturated rings. The first-order valence-corrected chi connectivity index (χ1v) is 7.56. The van der Waals surface area contributed by atoms with E-state index in [-0.39, 0.29) is 18.2 Å². The summed E-state index contributed by atoms with van der Waals surface area (Å²) in [5.74, 6) is 1.16. The van der Waals surface area contributed by atoms with Crippen LogP contribution in [0, 0.1) is 20.2 Å². The summed E-state index contributed by atoms with van der Waals surface area (Å²) in [7, 11) is 0. The minimum absolute atomic E-state index is 0.0312. The maximum atomic E-state index is 11.1. The van der Waals surface area contributed by atoms with Gasteiger partial charge in [-0.25, -0.2) is 0 Å². The highest BCUT2D eigenvalue weighted by molar-refractivity contribution is 9.10. The number of non-ortho nitro benzene ring substituents is 1. The Hall–Kier alpha value is -3.21. The molecule has 1 aliphatic rings. The molecule has 11 heteroatoms. The molecule has 2 aromatic carbocycles. The average Bonchev–Trinajstić information content (AvgIpc) is 3.01. The van der Waals surface area contributed by atoms with Gasteiger partial charge in [0.2, 0.25) is 6.79 Å². The van der Waals surface area contributed by atoms with Crippen molar-refractivity contribution in [3.63, 3.8) is 0 Å². The number of rotatable bonds is 5. The summed E-state index contributed by atoms with van der Waals surface area (Å²) in [5.41, 5.74) is 2.38. The van der Waals surface area contributed by atoms with Crippen molar-refractivity contribution >= 4 is 39.2 Å². The van der Waals surface area contributed by atoms with E-state index in [0.717, 1.165) is 12.1 Å². The maximum absolute atomic E-state index is 11.1. The minimum Gasteiger partial charge on any atom is -0.454 e. The second kappa shape index (κ2) is 6.73. The SMILES string of the molecule is O=[N+]([O-])c1ccc(N/N=C/c2cc3c(cc2Br)OCO3)c([N+](=O)[O-])c1. The Bertz CT molecular complexity index is 901. The highest BCUT2D eigenvalue weighted by atomic mass is 79.9. The first kappa shape index (κ1) is 16.6. The molecular formula is C14H9BrN4O6. The molecule has 0 saturated heterocycles. The third-order valence-corrected chi connectivity index (χ3v) is 3.96. The van der Waals surface area contributed by atoms with Crippen molar-refractivity contribution in [2.75, 3.05) is 12.2 Å². The van der Waals surface area contributed by atoms with Crippen LogP contribution in [-0.2, 0) is 0 Å². The van der Waals surface area contributed by atoms with Gasteiger partial charge in [-0.2, -0.15) is 5.10 Å². The number of fused-ring (bicyclic) bond motifs is 1. The zero-order valence-corrected chi connectivity index (χ0v) is 13.9. The van der Waals surface area contributed by atoms with E-state index in [1.165, 1.54) is 12.3 Å². The number of hydrazone groups is 1. The van der Waals surface area contributed by atoms with E-state index in [2.05, 4.69) is 26.5 Å². The molecule has 0 aromatic heterocycles. The summed E-state index contributed by atoms with van der Waals surface area (Å²) >= 11 is 3.36. The van der Waals surface area contributed by atoms with Gasteiger partial charge >= 0.3 is 5.69 Å². The van der Waals surface area contributed by atoms with E-state index in [1.54, 1.807) is 12.1 Å². The largest absolute Gasteiger partial charge is 0.454 e. The Labute approximate surface area is 148 Å². The van der Waals surface area contributed by atoms with Gasteiger partial charge in [0.15, 0.2) is 11.5 Å². The highest BCUT2D eigenvalue weighted by Crippen LogP contribution is 2.36. The number of nitrogens with zero attached hydrogens (tertiary/aromatic N) is 3. The Morgan fingerprint density at radius 2 is 1.84 bits per heavy atom. The first-order chi connectivity index (χ1) is 12.0. The Balaban J connectivity index is 1.83. The molecule has 0 saturated carbocycles. The molecule has 1 aliphatic heterocycles. The van der Waals surface area contributed by atoms with Crippen LogP contribution < -0.4 is 14.9 Å². The zero-order valence-electron chi connectivity index (χ0n) is 12.3. The maximum Gasteiger partial charge on any atom is 0.301 e. The lowest BCUT2D eigenvalue weighted by Crippen LogP contribution is -1.99. The van der Waals surface area contributed by atoms with Gasteiger partial charge in [-0.05, 0) is 34.1 Å². The second-order valence-electron chi connectivity index (χ2n) is 4.81. The molecule has 0 bridgehead atoms. The Morgan fingerprint density at radius 3 is 2.52 bits per heavy atom. The van der Waals surface area contributed by atoms with Crippen LogP contribution >= 0.6 is 15.9 Å². The van der Waals surface area contributed by atoms with Crippen molar-refractivity contribution in [1.82, 2.24) is 0 Å². The van der Waals surface area contributed by atoms with Crippen molar-refractivity contribution in [2.45, 2.75) is 0 Å². The predicted molar refractivity (Wildman–Crippen MR) is 91.2 cm³/mol. The second-order valence-corrected chi connectivity index (χ2v) is 5.67. The van der Waals surface area contributed by atoms with E-state index in [4.69, 9.17) is 9.47 Å². The molecule has 3 rings (SSSR count). The van der Waals surface area contributed by atoms with Crippen LogP contribution in [0.2, 0.25) is 0 Å². The quantitative estimate of drug-likeness (QED) is 0.455. The number of ether oxygens (including phenoxy) is 2. The molecule has 128 valence electrons. The molecule has 0 unspecified atom stereocenters. The van der Waals surface area contributed by atoms with Gasteiger partial charge in [0.25, 0.3) is 5.69 Å². The minimum atomic E-state index is -0.721. The van der Waals surface area contributed by atoms with Gasteiger partial charge in [0.1, 0.15) is 5.69 Å². The summed E-state index contributed by atoms with van der Waals surface area (Å²) in [6, 6.07) is 6.66. The van der Waals surface area contributed by atoms with Crippen molar-refractivity contribution in [3.8, 4) is 11.5 Å². The molecular weight excluding hydrogens is 400 g/mol. The van der Waals surface area contributed by atoms with Gasteiger partial charge in [0, 0.05) is 16.1 Å². The lowest BCUT2D eigenvalue weighted by molar-refractivity contribution is -0.393. The highest BCUT2D eigenvalue weighted by Gasteiger charge is 2.19. The number of benzene rings is 2. The number of hydrogen-bond acceptors (Lipinski definition) is 8. The molecule has 0 spiro atoms. The lowest BCUT2D eigenvalue weighted by Gasteiger charge is -2.03. The fraction of sp³-hybridized carbons (Fsp3) is 0.0714. The standard InChI is InChI=1S/C14H9BrN4O6/c15-10-5-14-13(24-7-25-14)3-8(10)6-16-17-11-2-1-9(18(20)21)4-12(11)19(22)23/h1-6,17H,7H2/b16-6+. The van der Waals surface area contributed by atoms with Crippen molar-refractivity contribution in [1.29, 1.82) is 0 Å². The summed E-state index contributed by atoms with van der Waals surface area (Å²) in [6.45, 7) is 0.135. The van der Waals surface area contributed by atoms with E-state index in [1.807, 2.05) is 0 Å². The smallest absolute Gasteiger partial charge is 0.301 e. The van der Waals surface area contributed by atoms with Crippen LogP contribution in [0.15, 0.2) is 39.9 Å². The number of halogens is 1. The number of nitro benzene ring substituents is 2. The van der Waals surface area contributed by atoms with E-state index < -0.39 is 15.5 Å². The Kier molecular flexibility index (Phi) is 4.48. The zero-order chi connectivity index (χ0) is 18.0. The molecule has 25 heavy (non-hydrogen) atoms. The monoisotopic (exact) mass is 408 g/mol. The number of nitrogens with one attached hydrogen (secondary N) is 1. The lowest BCUT2D eigenvalue weighted by atomic mass is 10.2. The van der Waals surface area contributed by atoms with Gasteiger partial charge in [0.05, 0.1) is 22.1 Å².